The van der Waals surface area contributed by atoms with Crippen LogP contribution in [0.2, 0.25) is 0 Å². The highest BCUT2D eigenvalue weighted by Gasteiger charge is 2.05. The van der Waals surface area contributed by atoms with Gasteiger partial charge in [-0.15, -0.1) is 11.3 Å². The largest absolute Gasteiger partial charge is 0.393 e. The van der Waals surface area contributed by atoms with Gasteiger partial charge in [0.05, 0.1) is 16.8 Å². The van der Waals surface area contributed by atoms with Crippen LogP contribution in [0.15, 0.2) is 5.38 Å². The molecule has 1 heterocycles. The predicted molar refractivity (Wildman–Crippen MR) is 73.7 cm³/mol. The molecule has 1 amide bonds. The van der Waals surface area contributed by atoms with Crippen molar-refractivity contribution in [3.8, 4) is 0 Å². The van der Waals surface area contributed by atoms with Gasteiger partial charge in [0.15, 0.2) is 0 Å². The van der Waals surface area contributed by atoms with Gasteiger partial charge in [0.1, 0.15) is 0 Å². The monoisotopic (exact) mass is 270 g/mol. The van der Waals surface area contributed by atoms with E-state index in [2.05, 4.69) is 10.3 Å². The number of hydrogen-bond acceptors (Lipinski definition) is 4. The Kier molecular flexibility index (Phi) is 6.90. The van der Waals surface area contributed by atoms with Crippen molar-refractivity contribution in [1.82, 2.24) is 10.3 Å². The standard InChI is InChI=1S/C13H22N2O2S/c1-3-12(16)7-8-14-13(17)6-4-5-11-9-18-10(2)15-11/h9,12,16H,3-8H2,1-2H3,(H,14,17). The van der Waals surface area contributed by atoms with Gasteiger partial charge in [0.25, 0.3) is 0 Å². The minimum atomic E-state index is -0.303. The van der Waals surface area contributed by atoms with E-state index in [9.17, 15) is 9.90 Å². The molecule has 0 bridgehead atoms. The van der Waals surface area contributed by atoms with Crippen LogP contribution in [0.5, 0.6) is 0 Å². The second-order valence-corrected chi connectivity index (χ2v) is 5.47. The van der Waals surface area contributed by atoms with Crippen LogP contribution in [-0.4, -0.2) is 28.6 Å². The topological polar surface area (TPSA) is 62.2 Å². The number of nitrogens with one attached hydrogen (secondary N) is 1. The molecule has 4 nitrogen and oxygen atoms in total. The summed E-state index contributed by atoms with van der Waals surface area (Å²) >= 11 is 1.64. The fourth-order valence-corrected chi connectivity index (χ4v) is 2.27. The van der Waals surface area contributed by atoms with Gasteiger partial charge < -0.3 is 10.4 Å². The second-order valence-electron chi connectivity index (χ2n) is 4.41. The van der Waals surface area contributed by atoms with Crippen molar-refractivity contribution >= 4 is 17.2 Å². The van der Waals surface area contributed by atoms with Crippen LogP contribution >= 0.6 is 11.3 Å². The van der Waals surface area contributed by atoms with Crippen LogP contribution in [0.3, 0.4) is 0 Å². The van der Waals surface area contributed by atoms with Crippen molar-refractivity contribution in [2.24, 2.45) is 0 Å². The molecule has 1 aromatic heterocycles. The molecule has 0 aliphatic heterocycles. The predicted octanol–water partition coefficient (Wildman–Crippen LogP) is 2.05. The third kappa shape index (κ3) is 6.12. The van der Waals surface area contributed by atoms with Gasteiger partial charge in [-0.3, -0.25) is 4.79 Å². The average Bonchev–Trinajstić information content (AvgIpc) is 2.75. The zero-order chi connectivity index (χ0) is 13.4. The molecule has 1 rings (SSSR count). The molecule has 102 valence electrons. The highest BCUT2D eigenvalue weighted by Crippen LogP contribution is 2.10. The Morgan fingerprint density at radius 3 is 3.00 bits per heavy atom. The molecule has 0 saturated heterocycles. The quantitative estimate of drug-likeness (QED) is 0.760. The molecule has 0 radical (unpaired) electrons. The van der Waals surface area contributed by atoms with Crippen molar-refractivity contribution in [1.29, 1.82) is 0 Å². The van der Waals surface area contributed by atoms with E-state index in [0.717, 1.165) is 30.0 Å². The summed E-state index contributed by atoms with van der Waals surface area (Å²) in [6, 6.07) is 0. The lowest BCUT2D eigenvalue weighted by molar-refractivity contribution is -0.121. The number of aryl methyl sites for hydroxylation is 2. The normalized spacial score (nSPS) is 12.4. The van der Waals surface area contributed by atoms with Crippen LogP contribution in [0.25, 0.3) is 0 Å². The van der Waals surface area contributed by atoms with Crippen molar-refractivity contribution in [2.45, 2.75) is 52.1 Å². The lowest BCUT2D eigenvalue weighted by Crippen LogP contribution is -2.26. The minimum Gasteiger partial charge on any atom is -0.393 e. The number of amides is 1. The molecule has 5 heteroatoms. The number of aliphatic hydroxyl groups is 1. The summed E-state index contributed by atoms with van der Waals surface area (Å²) in [5.74, 6) is 0.0604. The van der Waals surface area contributed by atoms with Gasteiger partial charge in [0, 0.05) is 18.3 Å². The third-order valence-electron chi connectivity index (χ3n) is 2.77. The molecule has 0 spiro atoms. The Hall–Kier alpha value is -0.940. The first-order valence-electron chi connectivity index (χ1n) is 6.47. The van der Waals surface area contributed by atoms with E-state index in [0.29, 0.717) is 19.4 Å². The molecule has 1 atom stereocenters. The summed E-state index contributed by atoms with van der Waals surface area (Å²) in [5.41, 5.74) is 1.08. The van der Waals surface area contributed by atoms with Crippen LogP contribution in [0, 0.1) is 6.92 Å². The molecule has 0 fully saturated rings. The molecule has 1 aromatic rings. The number of nitrogens with zero attached hydrogens (tertiary/aromatic N) is 1. The van der Waals surface area contributed by atoms with Crippen LogP contribution in [0.1, 0.15) is 43.3 Å². The number of carbonyl (C=O) groups is 1. The Balaban J connectivity index is 2.06. The van der Waals surface area contributed by atoms with Crippen LogP contribution in [0.4, 0.5) is 0 Å². The fourth-order valence-electron chi connectivity index (χ4n) is 1.62. The van der Waals surface area contributed by atoms with Gasteiger partial charge in [-0.1, -0.05) is 6.92 Å². The average molecular weight is 270 g/mol. The SMILES string of the molecule is CCC(O)CCNC(=O)CCCc1csc(C)n1. The van der Waals surface area contributed by atoms with Crippen molar-refractivity contribution in [2.75, 3.05) is 6.54 Å². The van der Waals surface area contributed by atoms with E-state index in [1.165, 1.54) is 0 Å². The Morgan fingerprint density at radius 2 is 2.39 bits per heavy atom. The molecule has 18 heavy (non-hydrogen) atoms. The fraction of sp³-hybridized carbons (Fsp3) is 0.692. The zero-order valence-electron chi connectivity index (χ0n) is 11.1. The summed E-state index contributed by atoms with van der Waals surface area (Å²) in [6.07, 6.45) is 3.27. The number of rotatable bonds is 8. The lowest BCUT2D eigenvalue weighted by atomic mass is 10.2. The van der Waals surface area contributed by atoms with E-state index in [1.54, 1.807) is 11.3 Å². The van der Waals surface area contributed by atoms with Crippen molar-refractivity contribution < 1.29 is 9.90 Å². The first-order valence-corrected chi connectivity index (χ1v) is 7.35. The number of aromatic nitrogens is 1. The summed E-state index contributed by atoms with van der Waals surface area (Å²) in [4.78, 5) is 15.9. The van der Waals surface area contributed by atoms with Gasteiger partial charge in [-0.2, -0.15) is 0 Å². The highest BCUT2D eigenvalue weighted by atomic mass is 32.1. The molecule has 0 aliphatic rings. The van der Waals surface area contributed by atoms with Crippen molar-refractivity contribution in [3.05, 3.63) is 16.1 Å². The maximum atomic E-state index is 11.5. The van der Waals surface area contributed by atoms with Crippen LogP contribution in [-0.2, 0) is 11.2 Å². The molecule has 0 aromatic carbocycles. The van der Waals surface area contributed by atoms with Gasteiger partial charge >= 0.3 is 0 Å². The summed E-state index contributed by atoms with van der Waals surface area (Å²) in [5, 5.41) is 15.3. The Labute approximate surface area is 112 Å². The summed E-state index contributed by atoms with van der Waals surface area (Å²) < 4.78 is 0. The maximum Gasteiger partial charge on any atom is 0.220 e. The number of carbonyl (C=O) groups excluding carboxylic acids is 1. The number of aliphatic hydroxyl groups excluding tert-OH is 1. The molecule has 0 saturated carbocycles. The minimum absolute atomic E-state index is 0.0604. The number of thiazole rings is 1. The molecule has 1 unspecified atom stereocenters. The highest BCUT2D eigenvalue weighted by molar-refractivity contribution is 7.09. The molecular weight excluding hydrogens is 248 g/mol. The van der Waals surface area contributed by atoms with Crippen molar-refractivity contribution in [3.63, 3.8) is 0 Å². The molecule has 2 N–H and O–H groups in total. The first kappa shape index (κ1) is 15.1. The summed E-state index contributed by atoms with van der Waals surface area (Å²) in [6.45, 7) is 4.48. The van der Waals surface area contributed by atoms with Gasteiger partial charge in [0.2, 0.25) is 5.91 Å². The third-order valence-corrected chi connectivity index (χ3v) is 3.60. The first-order chi connectivity index (χ1) is 8.61. The van der Waals surface area contributed by atoms with Gasteiger partial charge in [-0.25, -0.2) is 4.98 Å². The van der Waals surface area contributed by atoms with E-state index >= 15 is 0 Å². The number of hydrogen-bond donors (Lipinski definition) is 2. The lowest BCUT2D eigenvalue weighted by Gasteiger charge is -2.08. The Bertz CT molecular complexity index is 366. The van der Waals surface area contributed by atoms with Crippen LogP contribution < -0.4 is 5.32 Å². The molecular formula is C13H22N2O2S. The van der Waals surface area contributed by atoms with Gasteiger partial charge in [-0.05, 0) is 32.6 Å². The van der Waals surface area contributed by atoms with E-state index in [-0.39, 0.29) is 12.0 Å². The van der Waals surface area contributed by atoms with E-state index in [4.69, 9.17) is 0 Å². The summed E-state index contributed by atoms with van der Waals surface area (Å²) in [7, 11) is 0. The zero-order valence-corrected chi connectivity index (χ0v) is 11.9. The maximum absolute atomic E-state index is 11.5. The van der Waals surface area contributed by atoms with E-state index in [1.807, 2.05) is 19.2 Å². The molecule has 0 aliphatic carbocycles. The van der Waals surface area contributed by atoms with E-state index < -0.39 is 0 Å². The second kappa shape index (κ2) is 8.21. The smallest absolute Gasteiger partial charge is 0.220 e. The Morgan fingerprint density at radius 1 is 1.61 bits per heavy atom.